The van der Waals surface area contributed by atoms with Gasteiger partial charge in [0.1, 0.15) is 17.4 Å². The molecule has 3 rings (SSSR count). The second-order valence-electron chi connectivity index (χ2n) is 5.80. The maximum atomic E-state index is 12.7. The Kier molecular flexibility index (Phi) is 4.67. The van der Waals surface area contributed by atoms with Crippen LogP contribution in [0.2, 0.25) is 0 Å². The molecule has 26 heavy (non-hydrogen) atoms. The lowest BCUT2D eigenvalue weighted by molar-refractivity contribution is -0.131. The minimum atomic E-state index is -1.15. The monoisotopic (exact) mass is 348 g/mol. The summed E-state index contributed by atoms with van der Waals surface area (Å²) in [6.45, 7) is 1.62. The molecule has 0 unspecified atom stereocenters. The number of nitrogens with one attached hydrogen (secondary N) is 1. The van der Waals surface area contributed by atoms with Gasteiger partial charge in [0.15, 0.2) is 6.61 Å². The Labute approximate surface area is 150 Å². The lowest BCUT2D eigenvalue weighted by atomic mass is 9.92. The van der Waals surface area contributed by atoms with Gasteiger partial charge in [-0.2, -0.15) is 10.4 Å². The van der Waals surface area contributed by atoms with Crippen molar-refractivity contribution in [3.63, 3.8) is 0 Å². The summed E-state index contributed by atoms with van der Waals surface area (Å²) in [5.74, 6) is 0.106. The van der Waals surface area contributed by atoms with Gasteiger partial charge in [-0.25, -0.2) is 4.79 Å². The third kappa shape index (κ3) is 3.26. The molecule has 130 valence electrons. The molecule has 0 bridgehead atoms. The molecule has 7 heteroatoms. The Balaban J connectivity index is 1.76. The zero-order valence-electron chi connectivity index (χ0n) is 14.0. The molecule has 7 nitrogen and oxygen atoms in total. The summed E-state index contributed by atoms with van der Waals surface area (Å²) in [7, 11) is 0. The highest BCUT2D eigenvalue weighted by atomic mass is 16.5. The van der Waals surface area contributed by atoms with Gasteiger partial charge in [0.05, 0.1) is 6.21 Å². The number of urea groups is 1. The molecule has 1 atom stereocenters. The molecule has 1 fully saturated rings. The third-order valence-electron chi connectivity index (χ3n) is 4.03. The van der Waals surface area contributed by atoms with Crippen molar-refractivity contribution in [1.29, 1.82) is 5.26 Å². The molecule has 1 aliphatic heterocycles. The van der Waals surface area contributed by atoms with Gasteiger partial charge < -0.3 is 10.1 Å². The van der Waals surface area contributed by atoms with E-state index < -0.39 is 17.5 Å². The van der Waals surface area contributed by atoms with Gasteiger partial charge in [-0.1, -0.05) is 30.3 Å². The molecule has 1 saturated heterocycles. The first-order valence-corrected chi connectivity index (χ1v) is 7.90. The Morgan fingerprint density at radius 2 is 1.88 bits per heavy atom. The first-order valence-electron chi connectivity index (χ1n) is 7.90. The predicted octanol–water partition coefficient (Wildman–Crippen LogP) is 2.39. The second-order valence-corrected chi connectivity index (χ2v) is 5.80. The molecule has 0 aromatic heterocycles. The van der Waals surface area contributed by atoms with Crippen LogP contribution in [0.3, 0.4) is 0 Å². The van der Waals surface area contributed by atoms with Crippen molar-refractivity contribution in [3.05, 3.63) is 65.7 Å². The smallest absolute Gasteiger partial charge is 0.346 e. The summed E-state index contributed by atoms with van der Waals surface area (Å²) in [4.78, 5) is 24.9. The third-order valence-corrected chi connectivity index (χ3v) is 4.03. The van der Waals surface area contributed by atoms with Crippen LogP contribution in [-0.4, -0.2) is 29.8 Å². The molecule has 0 spiro atoms. The topological polar surface area (TPSA) is 94.8 Å². The van der Waals surface area contributed by atoms with Gasteiger partial charge >= 0.3 is 6.03 Å². The van der Waals surface area contributed by atoms with E-state index >= 15 is 0 Å². The van der Waals surface area contributed by atoms with Crippen molar-refractivity contribution in [3.8, 4) is 11.8 Å². The zero-order chi connectivity index (χ0) is 18.6. The number of benzene rings is 2. The van der Waals surface area contributed by atoms with E-state index in [1.54, 1.807) is 43.3 Å². The number of carbonyl (C=O) groups excluding carboxylic acids is 2. The van der Waals surface area contributed by atoms with Crippen LogP contribution in [0.25, 0.3) is 0 Å². The number of nitriles is 1. The van der Waals surface area contributed by atoms with Gasteiger partial charge in [-0.05, 0) is 42.3 Å². The van der Waals surface area contributed by atoms with Crippen LogP contribution in [0.5, 0.6) is 5.75 Å². The molecule has 2 aromatic rings. The molecule has 1 aliphatic rings. The molecular weight excluding hydrogens is 332 g/mol. The quantitative estimate of drug-likeness (QED) is 0.663. The Morgan fingerprint density at radius 1 is 1.19 bits per heavy atom. The zero-order valence-corrected chi connectivity index (χ0v) is 14.0. The van der Waals surface area contributed by atoms with Gasteiger partial charge in [0.25, 0.3) is 5.91 Å². The minimum absolute atomic E-state index is 0.0338. The van der Waals surface area contributed by atoms with E-state index in [0.29, 0.717) is 16.9 Å². The van der Waals surface area contributed by atoms with E-state index in [9.17, 15) is 9.59 Å². The van der Waals surface area contributed by atoms with E-state index in [2.05, 4.69) is 10.4 Å². The number of imide groups is 1. The van der Waals surface area contributed by atoms with Crippen LogP contribution in [0, 0.1) is 11.3 Å². The van der Waals surface area contributed by atoms with Crippen molar-refractivity contribution in [2.45, 2.75) is 12.5 Å². The van der Waals surface area contributed by atoms with E-state index in [1.165, 1.54) is 6.21 Å². The summed E-state index contributed by atoms with van der Waals surface area (Å²) >= 11 is 0. The standard InChI is InChI=1S/C19H16N4O3/c1-19(15-5-3-2-4-6-15)17(24)23(18(25)22-19)21-13-14-7-9-16(10-8-14)26-12-11-20/h2-10,13H,12H2,1H3,(H,22,25)/b21-13-/t19-/m0/s1. The average molecular weight is 348 g/mol. The first-order chi connectivity index (χ1) is 12.5. The summed E-state index contributed by atoms with van der Waals surface area (Å²) in [5.41, 5.74) is 0.225. The fraction of sp³-hybridized carbons (Fsp3) is 0.158. The Bertz CT molecular complexity index is 887. The second kappa shape index (κ2) is 7.07. The Morgan fingerprint density at radius 3 is 2.54 bits per heavy atom. The highest BCUT2D eigenvalue weighted by Gasteiger charge is 2.49. The summed E-state index contributed by atoms with van der Waals surface area (Å²) in [6.07, 6.45) is 1.42. The van der Waals surface area contributed by atoms with Crippen LogP contribution in [-0.2, 0) is 10.3 Å². The van der Waals surface area contributed by atoms with Crippen LogP contribution >= 0.6 is 0 Å². The van der Waals surface area contributed by atoms with E-state index in [1.807, 2.05) is 24.3 Å². The van der Waals surface area contributed by atoms with E-state index in [-0.39, 0.29) is 6.61 Å². The van der Waals surface area contributed by atoms with Crippen LogP contribution in [0.15, 0.2) is 59.7 Å². The molecule has 1 N–H and O–H groups in total. The fourth-order valence-corrected chi connectivity index (χ4v) is 2.59. The van der Waals surface area contributed by atoms with Crippen molar-refractivity contribution >= 4 is 18.2 Å². The van der Waals surface area contributed by atoms with Gasteiger partial charge in [-0.15, -0.1) is 5.01 Å². The molecule has 1 heterocycles. The maximum Gasteiger partial charge on any atom is 0.346 e. The van der Waals surface area contributed by atoms with E-state index in [4.69, 9.17) is 10.00 Å². The molecule has 2 aromatic carbocycles. The fourth-order valence-electron chi connectivity index (χ4n) is 2.59. The number of hydrogen-bond acceptors (Lipinski definition) is 5. The van der Waals surface area contributed by atoms with Crippen molar-refractivity contribution in [2.75, 3.05) is 6.61 Å². The largest absolute Gasteiger partial charge is 0.479 e. The van der Waals surface area contributed by atoms with Crippen molar-refractivity contribution in [1.82, 2.24) is 10.3 Å². The number of nitrogens with zero attached hydrogens (tertiary/aromatic N) is 3. The van der Waals surface area contributed by atoms with Crippen LogP contribution in [0.4, 0.5) is 4.79 Å². The molecule has 3 amide bonds. The van der Waals surface area contributed by atoms with Gasteiger partial charge in [-0.3, -0.25) is 4.79 Å². The predicted molar refractivity (Wildman–Crippen MR) is 94.3 cm³/mol. The molecule has 0 aliphatic carbocycles. The van der Waals surface area contributed by atoms with Crippen LogP contribution < -0.4 is 10.1 Å². The molecule has 0 radical (unpaired) electrons. The van der Waals surface area contributed by atoms with Crippen molar-refractivity contribution in [2.24, 2.45) is 5.10 Å². The lowest BCUT2D eigenvalue weighted by Gasteiger charge is -2.20. The van der Waals surface area contributed by atoms with Gasteiger partial charge in [0, 0.05) is 0 Å². The minimum Gasteiger partial charge on any atom is -0.479 e. The van der Waals surface area contributed by atoms with Crippen molar-refractivity contribution < 1.29 is 14.3 Å². The normalized spacial score (nSPS) is 19.5. The average Bonchev–Trinajstić information content (AvgIpc) is 2.89. The molecular formula is C19H16N4O3. The number of hydrazone groups is 1. The number of carbonyl (C=O) groups is 2. The summed E-state index contributed by atoms with van der Waals surface area (Å²) in [6, 6.07) is 17.1. The summed E-state index contributed by atoms with van der Waals surface area (Å²) in [5, 5.41) is 16.0. The highest BCUT2D eigenvalue weighted by molar-refractivity contribution is 6.07. The highest BCUT2D eigenvalue weighted by Crippen LogP contribution is 2.28. The number of rotatable bonds is 5. The Hall–Kier alpha value is -3.66. The van der Waals surface area contributed by atoms with E-state index in [0.717, 1.165) is 5.01 Å². The van der Waals surface area contributed by atoms with Crippen LogP contribution in [0.1, 0.15) is 18.1 Å². The maximum absolute atomic E-state index is 12.7. The van der Waals surface area contributed by atoms with Gasteiger partial charge in [0.2, 0.25) is 0 Å². The SMILES string of the molecule is C[C@@]1(c2ccccc2)NC(=O)N(/N=C\c2ccc(OCC#N)cc2)C1=O. The lowest BCUT2D eigenvalue weighted by Crippen LogP contribution is -2.40. The number of ether oxygens (including phenoxy) is 1. The first kappa shape index (κ1) is 17.2. The molecule has 0 saturated carbocycles. The summed E-state index contributed by atoms with van der Waals surface area (Å²) < 4.78 is 5.16. The number of hydrogen-bond donors (Lipinski definition) is 1. The number of amides is 3.